The van der Waals surface area contributed by atoms with Crippen LogP contribution >= 0.6 is 11.6 Å². The number of rotatable bonds is 3. The molecular weight excluding hydrogens is 310 g/mol. The van der Waals surface area contributed by atoms with Crippen molar-refractivity contribution in [2.75, 3.05) is 0 Å². The zero-order valence-corrected chi connectivity index (χ0v) is 14.1. The minimum atomic E-state index is -0.458. The number of allylic oxidation sites excluding steroid dienone is 2. The summed E-state index contributed by atoms with van der Waals surface area (Å²) in [5, 5.41) is 0.690. The zero-order chi connectivity index (χ0) is 16.8. The average Bonchev–Trinajstić information content (AvgIpc) is 2.87. The molecule has 1 aromatic rings. The van der Waals surface area contributed by atoms with Crippen molar-refractivity contribution in [2.24, 2.45) is 10.7 Å². The zero-order valence-electron chi connectivity index (χ0n) is 13.4. The van der Waals surface area contributed by atoms with Crippen molar-refractivity contribution in [3.63, 3.8) is 0 Å². The van der Waals surface area contributed by atoms with E-state index in [0.29, 0.717) is 20.9 Å². The number of primary amides is 1. The maximum Gasteiger partial charge on any atom is 0.256 e. The second-order valence-corrected chi connectivity index (χ2v) is 6.40. The van der Waals surface area contributed by atoms with Crippen molar-refractivity contribution in [3.8, 4) is 0 Å². The maximum atomic E-state index is 11.8. The number of nitrogens with zero attached hydrogens (tertiary/aromatic N) is 2. The Hall–Kier alpha value is -2.17. The van der Waals surface area contributed by atoms with E-state index in [1.807, 2.05) is 50.4 Å². The molecule has 1 aromatic carbocycles. The molecule has 3 rings (SSSR count). The SMILES string of the molecule is CC1=CC(C)=NC2=C(C(N)=O)C=C[N+]12C(C)c1cccc(Cl)c1. The van der Waals surface area contributed by atoms with Crippen molar-refractivity contribution >= 4 is 23.2 Å². The predicted octanol–water partition coefficient (Wildman–Crippen LogP) is 3.82. The fraction of sp³-hybridized carbons (Fsp3) is 0.222. The van der Waals surface area contributed by atoms with Crippen LogP contribution in [0.3, 0.4) is 0 Å². The summed E-state index contributed by atoms with van der Waals surface area (Å²) in [7, 11) is 0. The Bertz CT molecular complexity index is 819. The average molecular weight is 329 g/mol. The van der Waals surface area contributed by atoms with E-state index >= 15 is 0 Å². The first-order valence-electron chi connectivity index (χ1n) is 7.48. The molecule has 0 spiro atoms. The molecule has 5 heteroatoms. The van der Waals surface area contributed by atoms with Crippen molar-refractivity contribution in [2.45, 2.75) is 26.8 Å². The standard InChI is InChI=1S/C18H18ClN3O/c1-11-9-12(2)22(8-7-16(17(20)23)18(22)21-11)13(3)14-5-4-6-15(19)10-14/h4-10,13H,1-3H3,(H-,20,23)/p+1. The van der Waals surface area contributed by atoms with Crippen LogP contribution < -0.4 is 5.73 Å². The lowest BCUT2D eigenvalue weighted by Crippen LogP contribution is -2.43. The fourth-order valence-electron chi connectivity index (χ4n) is 3.38. The first kappa shape index (κ1) is 15.7. The van der Waals surface area contributed by atoms with Gasteiger partial charge in [-0.25, -0.2) is 9.48 Å². The molecule has 2 aliphatic heterocycles. The molecule has 2 unspecified atom stereocenters. The number of halogens is 1. The van der Waals surface area contributed by atoms with E-state index in [0.717, 1.165) is 17.0 Å². The summed E-state index contributed by atoms with van der Waals surface area (Å²) < 4.78 is 0.371. The van der Waals surface area contributed by atoms with Gasteiger partial charge in [0.25, 0.3) is 11.7 Å². The molecule has 0 saturated heterocycles. The summed E-state index contributed by atoms with van der Waals surface area (Å²) >= 11 is 6.15. The van der Waals surface area contributed by atoms with Crippen LogP contribution in [0.4, 0.5) is 0 Å². The minimum absolute atomic E-state index is 0.0184. The van der Waals surface area contributed by atoms with Gasteiger partial charge in [-0.3, -0.25) is 4.79 Å². The van der Waals surface area contributed by atoms with Gasteiger partial charge in [-0.15, -0.1) is 0 Å². The number of fused-ring (bicyclic) bond motifs is 1. The maximum absolute atomic E-state index is 11.8. The van der Waals surface area contributed by atoms with Gasteiger partial charge in [0.15, 0.2) is 0 Å². The summed E-state index contributed by atoms with van der Waals surface area (Å²) in [6.45, 7) is 6.08. The van der Waals surface area contributed by atoms with Gasteiger partial charge >= 0.3 is 0 Å². The molecule has 2 aliphatic rings. The number of quaternary nitrogens is 1. The molecule has 0 aliphatic carbocycles. The molecule has 0 aromatic heterocycles. The van der Waals surface area contributed by atoms with Gasteiger partial charge in [0, 0.05) is 35.4 Å². The van der Waals surface area contributed by atoms with Crippen LogP contribution in [0.5, 0.6) is 0 Å². The van der Waals surface area contributed by atoms with E-state index in [1.165, 1.54) is 0 Å². The van der Waals surface area contributed by atoms with Gasteiger partial charge < -0.3 is 5.73 Å². The van der Waals surface area contributed by atoms with E-state index in [4.69, 9.17) is 17.3 Å². The number of carbonyl (C=O) groups is 1. The van der Waals surface area contributed by atoms with E-state index in [-0.39, 0.29) is 6.04 Å². The number of nitrogens with two attached hydrogens (primary N) is 1. The summed E-state index contributed by atoms with van der Waals surface area (Å²) in [4.78, 5) is 16.5. The smallest absolute Gasteiger partial charge is 0.256 e. The van der Waals surface area contributed by atoms with Crippen molar-refractivity contribution in [1.82, 2.24) is 0 Å². The second kappa shape index (κ2) is 5.48. The van der Waals surface area contributed by atoms with Crippen LogP contribution in [0.15, 0.2) is 64.7 Å². The third kappa shape index (κ3) is 2.35. The lowest BCUT2D eigenvalue weighted by atomic mass is 10.0. The van der Waals surface area contributed by atoms with Gasteiger partial charge in [-0.2, -0.15) is 0 Å². The largest absolute Gasteiger partial charge is 0.365 e. The Morgan fingerprint density at radius 1 is 1.35 bits per heavy atom. The number of aliphatic imine (C=N–C) groups is 1. The van der Waals surface area contributed by atoms with Crippen molar-refractivity contribution < 1.29 is 9.28 Å². The first-order valence-corrected chi connectivity index (χ1v) is 7.86. The third-order valence-electron chi connectivity index (χ3n) is 4.56. The van der Waals surface area contributed by atoms with E-state index in [9.17, 15) is 4.79 Å². The molecule has 0 saturated carbocycles. The van der Waals surface area contributed by atoms with Gasteiger partial charge in [0.2, 0.25) is 0 Å². The highest BCUT2D eigenvalue weighted by molar-refractivity contribution is 6.30. The summed E-state index contributed by atoms with van der Waals surface area (Å²) in [5.41, 5.74) is 9.05. The Balaban J connectivity index is 2.21. The Morgan fingerprint density at radius 3 is 2.74 bits per heavy atom. The number of hydrogen-bond donors (Lipinski definition) is 1. The summed E-state index contributed by atoms with van der Waals surface area (Å²) in [5.74, 6) is 0.225. The molecule has 1 amide bonds. The second-order valence-electron chi connectivity index (χ2n) is 5.96. The van der Waals surface area contributed by atoms with E-state index in [2.05, 4.69) is 11.9 Å². The Labute approximate surface area is 140 Å². The predicted molar refractivity (Wildman–Crippen MR) is 92.4 cm³/mol. The molecule has 4 nitrogen and oxygen atoms in total. The number of benzene rings is 1. The molecule has 2 N–H and O–H groups in total. The lowest BCUT2D eigenvalue weighted by Gasteiger charge is -2.40. The third-order valence-corrected chi connectivity index (χ3v) is 4.79. The quantitative estimate of drug-likeness (QED) is 0.842. The highest BCUT2D eigenvalue weighted by atomic mass is 35.5. The molecule has 0 radical (unpaired) electrons. The Morgan fingerprint density at radius 2 is 2.09 bits per heavy atom. The molecule has 0 bridgehead atoms. The molecular formula is C18H19ClN3O+. The molecule has 23 heavy (non-hydrogen) atoms. The van der Waals surface area contributed by atoms with E-state index in [1.54, 1.807) is 6.08 Å². The molecule has 2 atom stereocenters. The van der Waals surface area contributed by atoms with Crippen LogP contribution in [0.25, 0.3) is 0 Å². The van der Waals surface area contributed by atoms with Crippen LogP contribution in [0.1, 0.15) is 32.4 Å². The van der Waals surface area contributed by atoms with Crippen LogP contribution in [0.2, 0.25) is 5.02 Å². The van der Waals surface area contributed by atoms with Gasteiger partial charge in [0.1, 0.15) is 23.5 Å². The highest BCUT2D eigenvalue weighted by Gasteiger charge is 2.47. The highest BCUT2D eigenvalue weighted by Crippen LogP contribution is 2.46. The fourth-order valence-corrected chi connectivity index (χ4v) is 3.58. The molecule has 118 valence electrons. The molecule has 0 fully saturated rings. The van der Waals surface area contributed by atoms with Gasteiger partial charge in [0.05, 0.1) is 0 Å². The Kier molecular flexibility index (Phi) is 3.74. The van der Waals surface area contributed by atoms with E-state index < -0.39 is 5.91 Å². The van der Waals surface area contributed by atoms with Crippen LogP contribution in [0, 0.1) is 0 Å². The summed E-state index contributed by atoms with van der Waals surface area (Å²) in [6, 6.07) is 7.79. The van der Waals surface area contributed by atoms with Crippen molar-refractivity contribution in [1.29, 1.82) is 0 Å². The normalized spacial score (nSPS) is 24.2. The lowest BCUT2D eigenvalue weighted by molar-refractivity contribution is -0.833. The number of hydrogen-bond acceptors (Lipinski definition) is 2. The topological polar surface area (TPSA) is 55.4 Å². The van der Waals surface area contributed by atoms with Gasteiger partial charge in [-0.05, 0) is 26.0 Å². The van der Waals surface area contributed by atoms with Crippen molar-refractivity contribution in [3.05, 3.63) is 70.3 Å². The van der Waals surface area contributed by atoms with Crippen LogP contribution in [-0.4, -0.2) is 16.1 Å². The molecule has 2 heterocycles. The summed E-state index contributed by atoms with van der Waals surface area (Å²) in [6.07, 6.45) is 5.81. The van der Waals surface area contributed by atoms with Gasteiger partial charge in [-0.1, -0.05) is 23.7 Å². The first-order chi connectivity index (χ1) is 10.9. The minimum Gasteiger partial charge on any atom is -0.365 e. The van der Waals surface area contributed by atoms with Crippen LogP contribution in [-0.2, 0) is 4.79 Å². The number of carbonyl (C=O) groups excluding carboxylic acids is 1. The monoisotopic (exact) mass is 328 g/mol. The number of amides is 1.